The van der Waals surface area contributed by atoms with Gasteiger partial charge in [-0.15, -0.1) is 0 Å². The van der Waals surface area contributed by atoms with Crippen LogP contribution >= 0.6 is 27.5 Å². The fourth-order valence-corrected chi connectivity index (χ4v) is 3.03. The van der Waals surface area contributed by atoms with E-state index in [0.29, 0.717) is 0 Å². The molecule has 1 unspecified atom stereocenters. The van der Waals surface area contributed by atoms with Crippen molar-refractivity contribution in [2.75, 3.05) is 0 Å². The molecule has 1 heterocycles. The first kappa shape index (κ1) is 13.6. The van der Waals surface area contributed by atoms with Gasteiger partial charge in [0.2, 0.25) is 0 Å². The minimum Gasteiger partial charge on any atom is -0.263 e. The Balaban J connectivity index is 2.22. The zero-order chi connectivity index (χ0) is 13.0. The molecule has 0 aliphatic carbocycles. The summed E-state index contributed by atoms with van der Waals surface area (Å²) in [5, 5.41) is 0.732. The van der Waals surface area contributed by atoms with Crippen LogP contribution in [0, 0.1) is 0 Å². The van der Waals surface area contributed by atoms with Crippen molar-refractivity contribution < 1.29 is 0 Å². The topological polar surface area (TPSA) is 12.9 Å². The van der Waals surface area contributed by atoms with Crippen molar-refractivity contribution in [2.45, 2.75) is 24.6 Å². The van der Waals surface area contributed by atoms with Crippen molar-refractivity contribution >= 4 is 27.5 Å². The van der Waals surface area contributed by atoms with Gasteiger partial charge >= 0.3 is 0 Å². The Labute approximate surface area is 121 Å². The summed E-state index contributed by atoms with van der Waals surface area (Å²) in [7, 11) is 0. The number of hydrogen-bond acceptors (Lipinski definition) is 1. The van der Waals surface area contributed by atoms with E-state index in [1.54, 1.807) is 12.4 Å². The van der Waals surface area contributed by atoms with Crippen molar-refractivity contribution in [3.8, 4) is 0 Å². The van der Waals surface area contributed by atoms with Gasteiger partial charge in [-0.25, -0.2) is 0 Å². The Hall–Kier alpha value is -0.860. The summed E-state index contributed by atoms with van der Waals surface area (Å²) in [6.45, 7) is 2.18. The summed E-state index contributed by atoms with van der Waals surface area (Å²) in [6, 6.07) is 10.5. The van der Waals surface area contributed by atoms with Crippen LogP contribution in [-0.4, -0.2) is 4.98 Å². The molecule has 0 spiro atoms. The number of aryl methyl sites for hydroxylation is 1. The second-order valence-electron chi connectivity index (χ2n) is 4.19. The lowest BCUT2D eigenvalue weighted by atomic mass is 9.99. The normalized spacial score (nSPS) is 12.4. The zero-order valence-electron chi connectivity index (χ0n) is 10.2. The minimum atomic E-state index is 0.286. The lowest BCUT2D eigenvalue weighted by molar-refractivity contribution is 0.918. The van der Waals surface area contributed by atoms with Gasteiger partial charge in [0.05, 0.1) is 5.02 Å². The third-order valence-electron chi connectivity index (χ3n) is 3.03. The second kappa shape index (κ2) is 6.35. The molecular weight excluding hydrogens is 310 g/mol. The Bertz CT molecular complexity index is 527. The summed E-state index contributed by atoms with van der Waals surface area (Å²) in [6.07, 6.45) is 5.40. The molecule has 0 radical (unpaired) electrons. The maximum absolute atomic E-state index is 6.15. The third kappa shape index (κ3) is 3.12. The number of aromatic nitrogens is 1. The Morgan fingerprint density at radius 2 is 2.00 bits per heavy atom. The maximum atomic E-state index is 6.15. The summed E-state index contributed by atoms with van der Waals surface area (Å²) in [5.74, 6) is 0. The molecule has 1 aromatic carbocycles. The second-order valence-corrected chi connectivity index (χ2v) is 5.70. The van der Waals surface area contributed by atoms with Crippen molar-refractivity contribution in [2.24, 2.45) is 0 Å². The van der Waals surface area contributed by atoms with Gasteiger partial charge in [0, 0.05) is 17.2 Å². The number of rotatable bonds is 4. The molecule has 18 heavy (non-hydrogen) atoms. The van der Waals surface area contributed by atoms with E-state index in [0.717, 1.165) is 23.4 Å². The first-order valence-electron chi connectivity index (χ1n) is 6.02. The van der Waals surface area contributed by atoms with Gasteiger partial charge in [0.25, 0.3) is 0 Å². The van der Waals surface area contributed by atoms with Crippen molar-refractivity contribution in [1.29, 1.82) is 0 Å². The molecule has 1 aromatic heterocycles. The molecule has 3 heteroatoms. The van der Waals surface area contributed by atoms with E-state index >= 15 is 0 Å². The molecule has 0 fully saturated rings. The van der Waals surface area contributed by atoms with E-state index in [1.165, 1.54) is 11.1 Å². The van der Waals surface area contributed by atoms with E-state index < -0.39 is 0 Å². The van der Waals surface area contributed by atoms with Crippen LogP contribution in [0.1, 0.15) is 28.4 Å². The van der Waals surface area contributed by atoms with Crippen molar-refractivity contribution in [1.82, 2.24) is 4.98 Å². The Kier molecular flexibility index (Phi) is 4.79. The van der Waals surface area contributed by atoms with Crippen LogP contribution in [0.25, 0.3) is 0 Å². The van der Waals surface area contributed by atoms with Gasteiger partial charge in [-0.05, 0) is 35.6 Å². The SMILES string of the molecule is CCc1ccccc1C(Br)Cc1ccncc1Cl. The van der Waals surface area contributed by atoms with Gasteiger partial charge < -0.3 is 0 Å². The molecule has 0 aliphatic rings. The lowest BCUT2D eigenvalue weighted by Gasteiger charge is -2.15. The monoisotopic (exact) mass is 323 g/mol. The highest BCUT2D eigenvalue weighted by Gasteiger charge is 2.13. The smallest absolute Gasteiger partial charge is 0.0621 e. The van der Waals surface area contributed by atoms with E-state index in [-0.39, 0.29) is 4.83 Å². The van der Waals surface area contributed by atoms with Crippen LogP contribution in [0.3, 0.4) is 0 Å². The Morgan fingerprint density at radius 1 is 1.22 bits per heavy atom. The van der Waals surface area contributed by atoms with Gasteiger partial charge in [-0.3, -0.25) is 4.98 Å². The zero-order valence-corrected chi connectivity index (χ0v) is 12.6. The quantitative estimate of drug-likeness (QED) is 0.723. The van der Waals surface area contributed by atoms with Crippen LogP contribution in [0.15, 0.2) is 42.7 Å². The molecule has 2 rings (SSSR count). The highest BCUT2D eigenvalue weighted by atomic mass is 79.9. The maximum Gasteiger partial charge on any atom is 0.0621 e. The van der Waals surface area contributed by atoms with Gasteiger partial charge in [0.1, 0.15) is 0 Å². The summed E-state index contributed by atoms with van der Waals surface area (Å²) in [5.41, 5.74) is 3.84. The molecule has 0 amide bonds. The van der Waals surface area contributed by atoms with E-state index in [2.05, 4.69) is 52.1 Å². The van der Waals surface area contributed by atoms with Crippen molar-refractivity contribution in [3.63, 3.8) is 0 Å². The molecule has 0 bridgehead atoms. The summed E-state index contributed by atoms with van der Waals surface area (Å²) >= 11 is 9.92. The average molecular weight is 325 g/mol. The first-order valence-corrected chi connectivity index (χ1v) is 7.32. The van der Waals surface area contributed by atoms with Crippen LogP contribution < -0.4 is 0 Å². The molecule has 2 aromatic rings. The Morgan fingerprint density at radius 3 is 2.72 bits per heavy atom. The predicted molar refractivity (Wildman–Crippen MR) is 80.4 cm³/mol. The minimum absolute atomic E-state index is 0.286. The number of hydrogen-bond donors (Lipinski definition) is 0. The first-order chi connectivity index (χ1) is 8.72. The third-order valence-corrected chi connectivity index (χ3v) is 4.19. The molecule has 0 saturated carbocycles. The average Bonchev–Trinajstić information content (AvgIpc) is 2.41. The van der Waals surface area contributed by atoms with Gasteiger partial charge in [-0.1, -0.05) is 58.7 Å². The predicted octanol–water partition coefficient (Wildman–Crippen LogP) is 4.98. The van der Waals surface area contributed by atoms with E-state index in [4.69, 9.17) is 11.6 Å². The van der Waals surface area contributed by atoms with E-state index in [1.807, 2.05) is 6.07 Å². The summed E-state index contributed by atoms with van der Waals surface area (Å²) < 4.78 is 0. The van der Waals surface area contributed by atoms with Crippen LogP contribution in [0.5, 0.6) is 0 Å². The van der Waals surface area contributed by atoms with Crippen LogP contribution in [0.2, 0.25) is 5.02 Å². The number of halogens is 2. The standard InChI is InChI=1S/C15H15BrClN/c1-2-11-5-3-4-6-13(11)14(16)9-12-7-8-18-10-15(12)17/h3-8,10,14H,2,9H2,1H3. The van der Waals surface area contributed by atoms with E-state index in [9.17, 15) is 0 Å². The highest BCUT2D eigenvalue weighted by molar-refractivity contribution is 9.09. The highest BCUT2D eigenvalue weighted by Crippen LogP contribution is 2.31. The van der Waals surface area contributed by atoms with Gasteiger partial charge in [0.15, 0.2) is 0 Å². The summed E-state index contributed by atoms with van der Waals surface area (Å²) in [4.78, 5) is 4.30. The molecule has 94 valence electrons. The molecule has 0 aliphatic heterocycles. The number of benzene rings is 1. The van der Waals surface area contributed by atoms with Crippen LogP contribution in [-0.2, 0) is 12.8 Å². The molecular formula is C15H15BrClN. The lowest BCUT2D eigenvalue weighted by Crippen LogP contribution is -2.00. The molecule has 0 N–H and O–H groups in total. The van der Waals surface area contributed by atoms with Gasteiger partial charge in [-0.2, -0.15) is 0 Å². The van der Waals surface area contributed by atoms with Crippen LogP contribution in [0.4, 0.5) is 0 Å². The number of nitrogens with zero attached hydrogens (tertiary/aromatic N) is 1. The fourth-order valence-electron chi connectivity index (χ4n) is 2.03. The largest absolute Gasteiger partial charge is 0.263 e. The number of pyridine rings is 1. The molecule has 0 saturated heterocycles. The molecule has 1 atom stereocenters. The number of alkyl halides is 1. The fraction of sp³-hybridized carbons (Fsp3) is 0.267. The molecule has 1 nitrogen and oxygen atoms in total. The van der Waals surface area contributed by atoms with Crippen molar-refractivity contribution in [3.05, 3.63) is 64.4 Å².